The van der Waals surface area contributed by atoms with Crippen LogP contribution in [0.5, 0.6) is 0 Å². The highest BCUT2D eigenvalue weighted by molar-refractivity contribution is 5.76. The molecule has 2 unspecified atom stereocenters. The molecule has 2 aliphatic rings. The van der Waals surface area contributed by atoms with E-state index in [1.54, 1.807) is 7.11 Å². The zero-order valence-corrected chi connectivity index (χ0v) is 9.61. The Hall–Kier alpha value is -0.650. The van der Waals surface area contributed by atoms with Crippen LogP contribution in [-0.2, 0) is 19.0 Å². The predicted octanol–water partition coefficient (Wildman–Crippen LogP) is 0.0855. The maximum atomic E-state index is 11.8. The smallest absolute Gasteiger partial charge is 0.323 e. The molecule has 0 aliphatic carbocycles. The molecule has 0 saturated carbocycles. The number of esters is 1. The normalized spacial score (nSPS) is 31.6. The van der Waals surface area contributed by atoms with Crippen molar-refractivity contribution in [2.75, 3.05) is 26.9 Å². The molecule has 2 atom stereocenters. The topological polar surface area (TPSA) is 56.8 Å². The number of hydrogen-bond acceptors (Lipinski definition) is 5. The van der Waals surface area contributed by atoms with Crippen molar-refractivity contribution in [3.63, 3.8) is 0 Å². The summed E-state index contributed by atoms with van der Waals surface area (Å²) < 4.78 is 15.8. The van der Waals surface area contributed by atoms with Crippen LogP contribution in [0.25, 0.3) is 0 Å². The Labute approximate surface area is 95.4 Å². The number of hydrogen-bond donors (Lipinski definition) is 1. The van der Waals surface area contributed by atoms with Gasteiger partial charge in [0.05, 0.1) is 19.3 Å². The van der Waals surface area contributed by atoms with Crippen LogP contribution in [0.3, 0.4) is 0 Å². The number of methoxy groups -OCH3 is 1. The molecule has 92 valence electrons. The molecule has 0 aromatic rings. The fourth-order valence-electron chi connectivity index (χ4n) is 2.10. The van der Waals surface area contributed by atoms with Crippen molar-refractivity contribution in [2.45, 2.75) is 37.5 Å². The van der Waals surface area contributed by atoms with Crippen molar-refractivity contribution in [3.8, 4) is 0 Å². The van der Waals surface area contributed by atoms with Crippen LogP contribution in [0.15, 0.2) is 0 Å². The number of ether oxygens (including phenoxy) is 3. The number of nitrogens with one attached hydrogen (secondary N) is 1. The zero-order chi connectivity index (χ0) is 11.4. The molecule has 0 spiro atoms. The molecule has 0 aromatic carbocycles. The molecule has 1 N–H and O–H groups in total. The van der Waals surface area contributed by atoms with E-state index in [0.29, 0.717) is 19.6 Å². The number of rotatable bonds is 3. The Balaban J connectivity index is 1.75. The van der Waals surface area contributed by atoms with E-state index in [1.807, 2.05) is 0 Å². The summed E-state index contributed by atoms with van der Waals surface area (Å²) in [6, 6.07) is -0.201. The van der Waals surface area contributed by atoms with E-state index >= 15 is 0 Å². The van der Waals surface area contributed by atoms with E-state index in [-0.39, 0.29) is 24.2 Å². The van der Waals surface area contributed by atoms with Crippen LogP contribution in [-0.4, -0.2) is 51.1 Å². The summed E-state index contributed by atoms with van der Waals surface area (Å²) >= 11 is 0. The Kier molecular flexibility index (Phi) is 4.15. The molecule has 0 bridgehead atoms. The monoisotopic (exact) mass is 229 g/mol. The standard InChI is InChI=1S/C11H19NO4/c1-14-9-6-10(12-7-9)11(13)16-8-2-4-15-5-3-8/h8-10,12H,2-7H2,1H3. The van der Waals surface area contributed by atoms with E-state index in [1.165, 1.54) is 0 Å². The van der Waals surface area contributed by atoms with Gasteiger partial charge in [-0.25, -0.2) is 0 Å². The first kappa shape index (κ1) is 11.8. The van der Waals surface area contributed by atoms with Crippen LogP contribution >= 0.6 is 0 Å². The average Bonchev–Trinajstić information content (AvgIpc) is 2.79. The van der Waals surface area contributed by atoms with E-state index in [2.05, 4.69) is 5.32 Å². The summed E-state index contributed by atoms with van der Waals surface area (Å²) in [5, 5.41) is 3.12. The zero-order valence-electron chi connectivity index (χ0n) is 9.61. The molecule has 0 aromatic heterocycles. The fraction of sp³-hybridized carbons (Fsp3) is 0.909. The molecule has 2 saturated heterocycles. The molecule has 5 nitrogen and oxygen atoms in total. The first-order valence-electron chi connectivity index (χ1n) is 5.84. The van der Waals surface area contributed by atoms with Crippen LogP contribution in [0, 0.1) is 0 Å². The lowest BCUT2D eigenvalue weighted by Crippen LogP contribution is -2.36. The van der Waals surface area contributed by atoms with E-state index in [4.69, 9.17) is 14.2 Å². The average molecular weight is 229 g/mol. The highest BCUT2D eigenvalue weighted by Crippen LogP contribution is 2.15. The Bertz CT molecular complexity index is 240. The van der Waals surface area contributed by atoms with Crippen molar-refractivity contribution in [2.24, 2.45) is 0 Å². The second-order valence-electron chi connectivity index (χ2n) is 4.30. The van der Waals surface area contributed by atoms with Crippen LogP contribution in [0.2, 0.25) is 0 Å². The van der Waals surface area contributed by atoms with Crippen molar-refractivity contribution in [3.05, 3.63) is 0 Å². The summed E-state index contributed by atoms with van der Waals surface area (Å²) in [5.74, 6) is -0.147. The lowest BCUT2D eigenvalue weighted by atomic mass is 10.1. The number of carbonyl (C=O) groups excluding carboxylic acids is 1. The first-order chi connectivity index (χ1) is 7.79. The van der Waals surface area contributed by atoms with Crippen molar-refractivity contribution >= 4 is 5.97 Å². The minimum absolute atomic E-state index is 0.0321. The van der Waals surface area contributed by atoms with Crippen molar-refractivity contribution in [1.82, 2.24) is 5.32 Å². The number of carbonyl (C=O) groups is 1. The van der Waals surface area contributed by atoms with Gasteiger partial charge in [-0.1, -0.05) is 0 Å². The molecule has 0 amide bonds. The second-order valence-corrected chi connectivity index (χ2v) is 4.30. The molecule has 2 fully saturated rings. The molecular weight excluding hydrogens is 210 g/mol. The van der Waals surface area contributed by atoms with Gasteiger partial charge in [0.1, 0.15) is 12.1 Å². The SMILES string of the molecule is COC1CNC(C(=O)OC2CCOCC2)C1. The summed E-state index contributed by atoms with van der Waals surface area (Å²) in [6.45, 7) is 2.11. The summed E-state index contributed by atoms with van der Waals surface area (Å²) in [4.78, 5) is 11.8. The summed E-state index contributed by atoms with van der Waals surface area (Å²) in [6.07, 6.45) is 2.49. The van der Waals surface area contributed by atoms with Crippen molar-refractivity contribution in [1.29, 1.82) is 0 Å². The minimum Gasteiger partial charge on any atom is -0.461 e. The van der Waals surface area contributed by atoms with Gasteiger partial charge in [-0.2, -0.15) is 0 Å². The molecular formula is C11H19NO4. The lowest BCUT2D eigenvalue weighted by molar-refractivity contribution is -0.155. The first-order valence-corrected chi connectivity index (χ1v) is 5.84. The Morgan fingerprint density at radius 2 is 2.06 bits per heavy atom. The third-order valence-corrected chi connectivity index (χ3v) is 3.16. The van der Waals surface area contributed by atoms with Crippen LogP contribution < -0.4 is 5.32 Å². The highest BCUT2D eigenvalue weighted by atomic mass is 16.6. The van der Waals surface area contributed by atoms with Gasteiger partial charge in [-0.15, -0.1) is 0 Å². The lowest BCUT2D eigenvalue weighted by Gasteiger charge is -2.23. The van der Waals surface area contributed by atoms with Gasteiger partial charge in [0.15, 0.2) is 0 Å². The third-order valence-electron chi connectivity index (χ3n) is 3.16. The van der Waals surface area contributed by atoms with Gasteiger partial charge in [0, 0.05) is 32.9 Å². The van der Waals surface area contributed by atoms with Crippen molar-refractivity contribution < 1.29 is 19.0 Å². The molecule has 5 heteroatoms. The van der Waals surface area contributed by atoms with Gasteiger partial charge in [0.2, 0.25) is 0 Å². The summed E-state index contributed by atoms with van der Waals surface area (Å²) in [5.41, 5.74) is 0. The Morgan fingerprint density at radius 3 is 2.69 bits per heavy atom. The van der Waals surface area contributed by atoms with Crippen LogP contribution in [0.4, 0.5) is 0 Å². The summed E-state index contributed by atoms with van der Waals surface area (Å²) in [7, 11) is 1.67. The molecule has 2 aliphatic heterocycles. The fourth-order valence-corrected chi connectivity index (χ4v) is 2.10. The largest absolute Gasteiger partial charge is 0.461 e. The van der Waals surface area contributed by atoms with Gasteiger partial charge in [-0.3, -0.25) is 4.79 Å². The van der Waals surface area contributed by atoms with Gasteiger partial charge < -0.3 is 19.5 Å². The van der Waals surface area contributed by atoms with Gasteiger partial charge in [0.25, 0.3) is 0 Å². The van der Waals surface area contributed by atoms with E-state index in [0.717, 1.165) is 19.4 Å². The van der Waals surface area contributed by atoms with E-state index in [9.17, 15) is 4.79 Å². The van der Waals surface area contributed by atoms with E-state index < -0.39 is 0 Å². The van der Waals surface area contributed by atoms with Gasteiger partial charge in [-0.05, 0) is 0 Å². The maximum absolute atomic E-state index is 11.8. The van der Waals surface area contributed by atoms with Gasteiger partial charge >= 0.3 is 5.97 Å². The Morgan fingerprint density at radius 1 is 1.31 bits per heavy atom. The highest BCUT2D eigenvalue weighted by Gasteiger charge is 2.32. The molecule has 2 heterocycles. The minimum atomic E-state index is -0.201. The quantitative estimate of drug-likeness (QED) is 0.695. The maximum Gasteiger partial charge on any atom is 0.323 e. The predicted molar refractivity (Wildman–Crippen MR) is 57.1 cm³/mol. The molecule has 0 radical (unpaired) electrons. The molecule has 2 rings (SSSR count). The molecule has 16 heavy (non-hydrogen) atoms. The van der Waals surface area contributed by atoms with Crippen LogP contribution in [0.1, 0.15) is 19.3 Å². The second kappa shape index (κ2) is 5.61. The third kappa shape index (κ3) is 2.93.